The molecular weight excluding hydrogens is 391 g/mol. The van der Waals surface area contributed by atoms with Crippen molar-refractivity contribution >= 4 is 21.6 Å². The van der Waals surface area contributed by atoms with Gasteiger partial charge in [0, 0.05) is 5.69 Å². The molecule has 0 aliphatic heterocycles. The number of rotatable bonds is 7. The zero-order chi connectivity index (χ0) is 20.9. The highest BCUT2D eigenvalue weighted by molar-refractivity contribution is 7.89. The van der Waals surface area contributed by atoms with Crippen LogP contribution in [0.1, 0.15) is 11.1 Å². The first-order chi connectivity index (χ1) is 13.8. The van der Waals surface area contributed by atoms with Crippen LogP contribution >= 0.6 is 0 Å². The molecular formula is C22H21FN2O3S. The van der Waals surface area contributed by atoms with E-state index < -0.39 is 27.8 Å². The summed E-state index contributed by atoms with van der Waals surface area (Å²) in [7, 11) is -3.93. The first-order valence-corrected chi connectivity index (χ1v) is 10.5. The van der Waals surface area contributed by atoms with Crippen LogP contribution in [-0.2, 0) is 21.2 Å². The summed E-state index contributed by atoms with van der Waals surface area (Å²) in [5.74, 6) is -1.07. The first-order valence-electron chi connectivity index (χ1n) is 9.03. The zero-order valence-corrected chi connectivity index (χ0v) is 16.6. The van der Waals surface area contributed by atoms with Gasteiger partial charge in [0.05, 0.1) is 4.90 Å². The maximum Gasteiger partial charge on any atom is 0.242 e. The molecule has 0 aliphatic carbocycles. The van der Waals surface area contributed by atoms with Crippen molar-refractivity contribution in [2.45, 2.75) is 24.3 Å². The van der Waals surface area contributed by atoms with E-state index in [1.165, 1.54) is 36.4 Å². The van der Waals surface area contributed by atoms with Crippen LogP contribution < -0.4 is 10.0 Å². The number of sulfonamides is 1. The summed E-state index contributed by atoms with van der Waals surface area (Å²) in [4.78, 5) is 12.9. The van der Waals surface area contributed by atoms with Crippen LogP contribution in [-0.4, -0.2) is 20.4 Å². The van der Waals surface area contributed by atoms with Crippen molar-refractivity contribution in [3.63, 3.8) is 0 Å². The fourth-order valence-corrected chi connectivity index (χ4v) is 4.00. The summed E-state index contributed by atoms with van der Waals surface area (Å²) in [6, 6.07) is 19.8. The Labute approximate surface area is 169 Å². The third-order valence-corrected chi connectivity index (χ3v) is 5.81. The van der Waals surface area contributed by atoms with Gasteiger partial charge in [0.15, 0.2) is 0 Å². The second-order valence-electron chi connectivity index (χ2n) is 6.68. The number of carbonyl (C=O) groups is 1. The van der Waals surface area contributed by atoms with E-state index in [0.717, 1.165) is 11.1 Å². The summed E-state index contributed by atoms with van der Waals surface area (Å²) in [5.41, 5.74) is 1.97. The molecule has 0 spiro atoms. The SMILES string of the molecule is Cc1ccc(S(=O)(=O)N[C@H](Cc2ccccc2)C(=O)Nc2cccc(F)c2)cc1. The van der Waals surface area contributed by atoms with Crippen molar-refractivity contribution in [3.8, 4) is 0 Å². The molecule has 5 nitrogen and oxygen atoms in total. The molecule has 0 heterocycles. The molecule has 150 valence electrons. The van der Waals surface area contributed by atoms with Crippen molar-refractivity contribution < 1.29 is 17.6 Å². The Bertz CT molecular complexity index is 1080. The lowest BCUT2D eigenvalue weighted by molar-refractivity contribution is -0.117. The molecule has 3 rings (SSSR count). The third kappa shape index (κ3) is 5.73. The van der Waals surface area contributed by atoms with Gasteiger partial charge in [0.25, 0.3) is 0 Å². The summed E-state index contributed by atoms with van der Waals surface area (Å²) in [6.07, 6.45) is 0.146. The van der Waals surface area contributed by atoms with Gasteiger partial charge in [-0.15, -0.1) is 0 Å². The average molecular weight is 412 g/mol. The first kappa shape index (κ1) is 20.7. The molecule has 0 unspecified atom stereocenters. The largest absolute Gasteiger partial charge is 0.325 e. The minimum absolute atomic E-state index is 0.0692. The Morgan fingerprint density at radius 2 is 1.66 bits per heavy atom. The molecule has 0 saturated heterocycles. The highest BCUT2D eigenvalue weighted by Crippen LogP contribution is 2.15. The van der Waals surface area contributed by atoms with Gasteiger partial charge in [0.1, 0.15) is 11.9 Å². The topological polar surface area (TPSA) is 75.3 Å². The molecule has 0 fully saturated rings. The molecule has 0 bridgehead atoms. The molecule has 3 aromatic carbocycles. The van der Waals surface area contributed by atoms with Gasteiger partial charge in [-0.1, -0.05) is 54.1 Å². The number of anilines is 1. The predicted molar refractivity (Wildman–Crippen MR) is 110 cm³/mol. The molecule has 2 N–H and O–H groups in total. The molecule has 7 heteroatoms. The number of hydrogen-bond donors (Lipinski definition) is 2. The van der Waals surface area contributed by atoms with Crippen LogP contribution in [0.3, 0.4) is 0 Å². The fraction of sp³-hybridized carbons (Fsp3) is 0.136. The van der Waals surface area contributed by atoms with Crippen molar-refractivity contribution in [3.05, 3.63) is 95.8 Å². The van der Waals surface area contributed by atoms with E-state index in [1.807, 2.05) is 37.3 Å². The van der Waals surface area contributed by atoms with Crippen molar-refractivity contribution in [1.82, 2.24) is 4.72 Å². The normalized spacial score (nSPS) is 12.3. The monoisotopic (exact) mass is 412 g/mol. The highest BCUT2D eigenvalue weighted by Gasteiger charge is 2.26. The number of hydrogen-bond acceptors (Lipinski definition) is 3. The van der Waals surface area contributed by atoms with Crippen LogP contribution in [0, 0.1) is 12.7 Å². The Kier molecular flexibility index (Phi) is 6.41. The Morgan fingerprint density at radius 3 is 2.31 bits per heavy atom. The number of amides is 1. The van der Waals surface area contributed by atoms with Gasteiger partial charge in [-0.25, -0.2) is 12.8 Å². The maximum absolute atomic E-state index is 13.4. The summed E-state index contributed by atoms with van der Waals surface area (Å²) < 4.78 is 41.5. The lowest BCUT2D eigenvalue weighted by Gasteiger charge is -2.19. The molecule has 0 radical (unpaired) electrons. The lowest BCUT2D eigenvalue weighted by Crippen LogP contribution is -2.45. The van der Waals surface area contributed by atoms with Crippen LogP contribution in [0.4, 0.5) is 10.1 Å². The van der Waals surface area contributed by atoms with Crippen molar-refractivity contribution in [2.24, 2.45) is 0 Å². The predicted octanol–water partition coefficient (Wildman–Crippen LogP) is 3.66. The van der Waals surface area contributed by atoms with E-state index in [1.54, 1.807) is 12.1 Å². The molecule has 0 saturated carbocycles. The number of benzene rings is 3. The number of nitrogens with one attached hydrogen (secondary N) is 2. The van der Waals surface area contributed by atoms with E-state index in [4.69, 9.17) is 0 Å². The summed E-state index contributed by atoms with van der Waals surface area (Å²) in [5, 5.41) is 2.58. The van der Waals surface area contributed by atoms with E-state index >= 15 is 0 Å². The van der Waals surface area contributed by atoms with Gasteiger partial charge in [-0.3, -0.25) is 4.79 Å². The van der Waals surface area contributed by atoms with Gasteiger partial charge in [-0.2, -0.15) is 4.72 Å². The smallest absolute Gasteiger partial charge is 0.242 e. The van der Waals surface area contributed by atoms with Crippen LogP contribution in [0.2, 0.25) is 0 Å². The fourth-order valence-electron chi connectivity index (χ4n) is 2.81. The molecule has 3 aromatic rings. The van der Waals surface area contributed by atoms with Gasteiger partial charge >= 0.3 is 0 Å². The number of aryl methyl sites for hydroxylation is 1. The Morgan fingerprint density at radius 1 is 0.966 bits per heavy atom. The quantitative estimate of drug-likeness (QED) is 0.622. The van der Waals surface area contributed by atoms with E-state index in [9.17, 15) is 17.6 Å². The summed E-state index contributed by atoms with van der Waals surface area (Å²) >= 11 is 0. The molecule has 0 aliphatic rings. The second kappa shape index (κ2) is 8.98. The van der Waals surface area contributed by atoms with Crippen LogP contribution in [0.25, 0.3) is 0 Å². The van der Waals surface area contributed by atoms with E-state index in [-0.39, 0.29) is 17.0 Å². The summed E-state index contributed by atoms with van der Waals surface area (Å²) in [6.45, 7) is 1.86. The second-order valence-corrected chi connectivity index (χ2v) is 8.39. The van der Waals surface area contributed by atoms with Crippen LogP contribution in [0.5, 0.6) is 0 Å². The van der Waals surface area contributed by atoms with E-state index in [0.29, 0.717) is 0 Å². The Balaban J connectivity index is 1.85. The van der Waals surface area contributed by atoms with Crippen molar-refractivity contribution in [1.29, 1.82) is 0 Å². The minimum atomic E-state index is -3.93. The maximum atomic E-state index is 13.4. The van der Waals surface area contributed by atoms with Crippen molar-refractivity contribution in [2.75, 3.05) is 5.32 Å². The van der Waals surface area contributed by atoms with Gasteiger partial charge in [0.2, 0.25) is 15.9 Å². The zero-order valence-electron chi connectivity index (χ0n) is 15.8. The average Bonchev–Trinajstić information content (AvgIpc) is 2.68. The van der Waals surface area contributed by atoms with E-state index in [2.05, 4.69) is 10.0 Å². The molecule has 0 aromatic heterocycles. The standard InChI is InChI=1S/C22H21FN2O3S/c1-16-10-12-20(13-11-16)29(27,28)25-21(14-17-6-3-2-4-7-17)22(26)24-19-9-5-8-18(23)15-19/h2-13,15,21,25H,14H2,1H3,(H,24,26)/t21-/m1/s1. The number of carbonyl (C=O) groups excluding carboxylic acids is 1. The molecule has 1 atom stereocenters. The highest BCUT2D eigenvalue weighted by atomic mass is 32.2. The molecule has 1 amide bonds. The van der Waals surface area contributed by atoms with Gasteiger partial charge < -0.3 is 5.32 Å². The van der Waals surface area contributed by atoms with Crippen LogP contribution in [0.15, 0.2) is 83.8 Å². The van der Waals surface area contributed by atoms with Gasteiger partial charge in [-0.05, 0) is 49.2 Å². The third-order valence-electron chi connectivity index (χ3n) is 4.32. The number of halogens is 1. The molecule has 29 heavy (non-hydrogen) atoms. The lowest BCUT2D eigenvalue weighted by atomic mass is 10.1. The Hall–Kier alpha value is -3.03. The minimum Gasteiger partial charge on any atom is -0.325 e.